The quantitative estimate of drug-likeness (QED) is 0.724. The van der Waals surface area contributed by atoms with E-state index in [4.69, 9.17) is 11.6 Å². The van der Waals surface area contributed by atoms with Gasteiger partial charge in [0.1, 0.15) is 4.90 Å². The summed E-state index contributed by atoms with van der Waals surface area (Å²) in [6, 6.07) is 1.62. The molecule has 0 aliphatic heterocycles. The van der Waals surface area contributed by atoms with E-state index < -0.39 is 10.0 Å². The lowest BCUT2D eigenvalue weighted by atomic mass is 10.3. The second-order valence-corrected chi connectivity index (χ2v) is 7.81. The number of thioether (sulfide) groups is 1. The van der Waals surface area contributed by atoms with Crippen molar-refractivity contribution in [2.75, 3.05) is 19.1 Å². The van der Waals surface area contributed by atoms with Gasteiger partial charge in [0.15, 0.2) is 0 Å². The molecule has 0 spiro atoms. The molecule has 4 nitrogen and oxygen atoms in total. The second-order valence-electron chi connectivity index (χ2n) is 4.56. The molecule has 0 amide bonds. The summed E-state index contributed by atoms with van der Waals surface area (Å²) in [5, 5.41) is 0. The average molecular weight is 325 g/mol. The number of rotatable bonds is 7. The topological polar surface area (TPSA) is 42.3 Å². The number of halogens is 1. The highest BCUT2D eigenvalue weighted by molar-refractivity contribution is 7.98. The van der Waals surface area contributed by atoms with Crippen LogP contribution in [0.2, 0.25) is 0 Å². The zero-order chi connectivity index (χ0) is 14.6. The number of aromatic nitrogens is 1. The Hall–Kier alpha value is -0.170. The van der Waals surface area contributed by atoms with Crippen LogP contribution in [0.15, 0.2) is 17.2 Å². The number of hydrogen-bond acceptors (Lipinski definition) is 3. The second kappa shape index (κ2) is 7.02. The molecule has 0 fully saturated rings. The van der Waals surface area contributed by atoms with E-state index >= 15 is 0 Å². The van der Waals surface area contributed by atoms with Gasteiger partial charge in [-0.15, -0.1) is 11.6 Å². The Morgan fingerprint density at radius 2 is 2.16 bits per heavy atom. The van der Waals surface area contributed by atoms with Gasteiger partial charge in [0, 0.05) is 32.0 Å². The lowest BCUT2D eigenvalue weighted by Gasteiger charge is -2.23. The fraction of sp³-hybridized carbons (Fsp3) is 0.667. The van der Waals surface area contributed by atoms with Gasteiger partial charge in [-0.05, 0) is 31.4 Å². The summed E-state index contributed by atoms with van der Waals surface area (Å²) in [7, 11) is -0.00367. The maximum absolute atomic E-state index is 12.5. The van der Waals surface area contributed by atoms with Crippen molar-refractivity contribution in [2.24, 2.45) is 7.05 Å². The molecule has 1 aromatic rings. The van der Waals surface area contributed by atoms with Crippen LogP contribution < -0.4 is 0 Å². The summed E-state index contributed by atoms with van der Waals surface area (Å²) >= 11 is 7.50. The van der Waals surface area contributed by atoms with Gasteiger partial charge >= 0.3 is 0 Å². The van der Waals surface area contributed by atoms with Crippen molar-refractivity contribution in [3.8, 4) is 0 Å². The van der Waals surface area contributed by atoms with Crippen LogP contribution in [0.5, 0.6) is 0 Å². The summed E-state index contributed by atoms with van der Waals surface area (Å²) in [6.07, 6.45) is 4.47. The van der Waals surface area contributed by atoms with E-state index in [-0.39, 0.29) is 6.04 Å². The van der Waals surface area contributed by atoms with Crippen molar-refractivity contribution in [3.63, 3.8) is 0 Å². The highest BCUT2D eigenvalue weighted by Gasteiger charge is 2.26. The van der Waals surface area contributed by atoms with Gasteiger partial charge in [-0.1, -0.05) is 0 Å². The molecule has 0 aliphatic carbocycles. The van der Waals surface area contributed by atoms with E-state index in [1.807, 2.05) is 13.2 Å². The maximum atomic E-state index is 12.5. The largest absolute Gasteiger partial charge is 0.352 e. The highest BCUT2D eigenvalue weighted by Crippen LogP contribution is 2.21. The molecule has 19 heavy (non-hydrogen) atoms. The third kappa shape index (κ3) is 3.90. The summed E-state index contributed by atoms with van der Waals surface area (Å²) < 4.78 is 28.2. The molecule has 0 saturated carbocycles. The van der Waals surface area contributed by atoms with Gasteiger partial charge in [0.05, 0.1) is 5.88 Å². The molecular weight excluding hydrogens is 304 g/mol. The number of hydrogen-bond donors (Lipinski definition) is 0. The fourth-order valence-corrected chi connectivity index (χ4v) is 4.05. The molecule has 1 atom stereocenters. The van der Waals surface area contributed by atoms with Gasteiger partial charge in [-0.3, -0.25) is 0 Å². The van der Waals surface area contributed by atoms with Crippen LogP contribution in [0.4, 0.5) is 0 Å². The number of sulfonamides is 1. The van der Waals surface area contributed by atoms with Crippen molar-refractivity contribution in [3.05, 3.63) is 18.0 Å². The van der Waals surface area contributed by atoms with Gasteiger partial charge in [-0.2, -0.15) is 16.1 Å². The molecule has 1 aromatic heterocycles. The lowest BCUT2D eigenvalue weighted by molar-refractivity contribution is 0.382. The third-order valence-corrected chi connectivity index (χ3v) is 6.11. The SMILES string of the molecule is CSCCC(C)N(C)S(=O)(=O)c1cc(CCl)n(C)c1. The van der Waals surface area contributed by atoms with Crippen LogP contribution in [0.25, 0.3) is 0 Å². The molecule has 0 aromatic carbocycles. The summed E-state index contributed by atoms with van der Waals surface area (Å²) in [5.74, 6) is 1.25. The highest BCUT2D eigenvalue weighted by atomic mass is 35.5. The van der Waals surface area contributed by atoms with Gasteiger partial charge in [0.2, 0.25) is 10.0 Å². The first kappa shape index (κ1) is 16.9. The standard InChI is InChI=1S/C12H21ClN2O2S2/c1-10(5-6-18-4)15(3)19(16,17)12-7-11(8-13)14(2)9-12/h7,9-10H,5-6,8H2,1-4H3. The minimum atomic E-state index is -3.44. The van der Waals surface area contributed by atoms with Gasteiger partial charge in [-0.25, -0.2) is 8.42 Å². The van der Waals surface area contributed by atoms with Crippen LogP contribution in [-0.2, 0) is 23.0 Å². The van der Waals surface area contributed by atoms with Crippen molar-refractivity contribution in [1.29, 1.82) is 0 Å². The Labute approximate surface area is 125 Å². The summed E-state index contributed by atoms with van der Waals surface area (Å²) in [4.78, 5) is 0.309. The summed E-state index contributed by atoms with van der Waals surface area (Å²) in [5.41, 5.74) is 0.797. The van der Waals surface area contributed by atoms with Crippen molar-refractivity contribution in [2.45, 2.75) is 30.2 Å². The first-order valence-corrected chi connectivity index (χ1v) is 9.39. The van der Waals surface area contributed by atoms with Crippen molar-refractivity contribution < 1.29 is 8.42 Å². The molecule has 0 radical (unpaired) electrons. The van der Waals surface area contributed by atoms with E-state index in [0.717, 1.165) is 17.9 Å². The normalized spacial score (nSPS) is 14.0. The van der Waals surface area contributed by atoms with Crippen LogP contribution in [0.1, 0.15) is 19.0 Å². The Morgan fingerprint density at radius 3 is 2.63 bits per heavy atom. The first-order valence-electron chi connectivity index (χ1n) is 6.02. The predicted octanol–water partition coefficient (Wildman–Crippen LogP) is 2.53. The fourth-order valence-electron chi connectivity index (χ4n) is 1.72. The van der Waals surface area contributed by atoms with E-state index in [1.54, 1.807) is 42.7 Å². The molecule has 1 rings (SSSR count). The van der Waals surface area contributed by atoms with Crippen LogP contribution in [0.3, 0.4) is 0 Å². The number of alkyl halides is 1. The third-order valence-electron chi connectivity index (χ3n) is 3.26. The Morgan fingerprint density at radius 1 is 1.53 bits per heavy atom. The summed E-state index contributed by atoms with van der Waals surface area (Å²) in [6.45, 7) is 1.93. The Bertz CT molecular complexity index is 514. The smallest absolute Gasteiger partial charge is 0.244 e. The molecule has 1 unspecified atom stereocenters. The van der Waals surface area contributed by atoms with Gasteiger partial charge in [0.25, 0.3) is 0 Å². The minimum absolute atomic E-state index is 0.0166. The zero-order valence-electron chi connectivity index (χ0n) is 11.8. The first-order chi connectivity index (χ1) is 8.84. The molecule has 0 aliphatic rings. The van der Waals surface area contributed by atoms with Gasteiger partial charge < -0.3 is 4.57 Å². The van der Waals surface area contributed by atoms with Crippen LogP contribution in [0, 0.1) is 0 Å². The van der Waals surface area contributed by atoms with E-state index in [9.17, 15) is 8.42 Å². The molecule has 0 bridgehead atoms. The average Bonchev–Trinajstić information content (AvgIpc) is 2.76. The minimum Gasteiger partial charge on any atom is -0.352 e. The van der Waals surface area contributed by atoms with E-state index in [1.165, 1.54) is 4.31 Å². The lowest BCUT2D eigenvalue weighted by Crippen LogP contribution is -2.35. The predicted molar refractivity (Wildman–Crippen MR) is 82.4 cm³/mol. The monoisotopic (exact) mass is 324 g/mol. The maximum Gasteiger partial charge on any atom is 0.244 e. The molecule has 1 heterocycles. The van der Waals surface area contributed by atoms with Crippen molar-refractivity contribution >= 4 is 33.4 Å². The molecule has 0 N–H and O–H groups in total. The number of aryl methyl sites for hydroxylation is 1. The van der Waals surface area contributed by atoms with Crippen LogP contribution >= 0.6 is 23.4 Å². The van der Waals surface area contributed by atoms with E-state index in [0.29, 0.717) is 10.8 Å². The zero-order valence-corrected chi connectivity index (χ0v) is 14.1. The Balaban J connectivity index is 2.95. The van der Waals surface area contributed by atoms with Crippen molar-refractivity contribution in [1.82, 2.24) is 8.87 Å². The van der Waals surface area contributed by atoms with Crippen LogP contribution in [-0.4, -0.2) is 42.4 Å². The molecule has 110 valence electrons. The molecule has 7 heteroatoms. The number of nitrogens with zero attached hydrogens (tertiary/aromatic N) is 2. The van der Waals surface area contributed by atoms with E-state index in [2.05, 4.69) is 0 Å². The molecular formula is C12H21ClN2O2S2. The molecule has 0 saturated heterocycles. The Kier molecular flexibility index (Phi) is 6.23.